The van der Waals surface area contributed by atoms with E-state index in [-0.39, 0.29) is 6.09 Å². The van der Waals surface area contributed by atoms with Crippen molar-refractivity contribution >= 4 is 6.09 Å². The quantitative estimate of drug-likeness (QED) is 0.731. The zero-order valence-electron chi connectivity index (χ0n) is 13.5. The van der Waals surface area contributed by atoms with Crippen LogP contribution in [0.15, 0.2) is 0 Å². The fourth-order valence-electron chi connectivity index (χ4n) is 2.29. The van der Waals surface area contributed by atoms with Gasteiger partial charge in [-0.25, -0.2) is 4.79 Å². The number of carbonyl (C=O) groups is 1. The number of rotatable bonds is 6. The second-order valence-electron chi connectivity index (χ2n) is 6.73. The third kappa shape index (κ3) is 8.38. The molecule has 0 aromatic rings. The molecule has 1 fully saturated rings. The number of nitrogens with zero attached hydrogens (tertiary/aromatic N) is 1. The van der Waals surface area contributed by atoms with Crippen LogP contribution in [0.25, 0.3) is 0 Å². The summed E-state index contributed by atoms with van der Waals surface area (Å²) in [7, 11) is 2.19. The summed E-state index contributed by atoms with van der Waals surface area (Å²) in [4.78, 5) is 13.8. The standard InChI is InChI=1S/C15H31N3O2/c1-15(2,3)20-14(19)17-9-5-8-16-12-13-6-10-18(4)11-7-13/h13,16H,5-12H2,1-4H3,(H,17,19). The summed E-state index contributed by atoms with van der Waals surface area (Å²) in [5.41, 5.74) is -0.420. The van der Waals surface area contributed by atoms with E-state index in [1.54, 1.807) is 0 Å². The van der Waals surface area contributed by atoms with Crippen molar-refractivity contribution in [3.63, 3.8) is 0 Å². The molecule has 1 heterocycles. The maximum atomic E-state index is 11.4. The Labute approximate surface area is 123 Å². The first kappa shape index (κ1) is 17.2. The van der Waals surface area contributed by atoms with Crippen LogP contribution in [0, 0.1) is 5.92 Å². The molecule has 1 amide bonds. The number of hydrogen-bond donors (Lipinski definition) is 2. The molecule has 0 aromatic carbocycles. The minimum atomic E-state index is -0.420. The first-order valence-electron chi connectivity index (χ1n) is 7.73. The predicted octanol–water partition coefficient (Wildman–Crippen LogP) is 1.83. The Morgan fingerprint density at radius 2 is 1.90 bits per heavy atom. The van der Waals surface area contributed by atoms with E-state index in [4.69, 9.17) is 4.74 Å². The van der Waals surface area contributed by atoms with Gasteiger partial charge in [-0.15, -0.1) is 0 Å². The zero-order valence-corrected chi connectivity index (χ0v) is 13.5. The minimum absolute atomic E-state index is 0.326. The number of hydrogen-bond acceptors (Lipinski definition) is 4. The molecule has 0 aliphatic carbocycles. The van der Waals surface area contributed by atoms with Gasteiger partial charge in [0.05, 0.1) is 0 Å². The predicted molar refractivity (Wildman–Crippen MR) is 81.9 cm³/mol. The molecule has 1 aliphatic rings. The number of carbonyl (C=O) groups excluding carboxylic acids is 1. The van der Waals surface area contributed by atoms with Gasteiger partial charge in [0.2, 0.25) is 0 Å². The highest BCUT2D eigenvalue weighted by molar-refractivity contribution is 5.67. The van der Waals surface area contributed by atoms with Crippen molar-refractivity contribution in [1.29, 1.82) is 0 Å². The first-order valence-corrected chi connectivity index (χ1v) is 7.73. The number of alkyl carbamates (subject to hydrolysis) is 1. The highest BCUT2D eigenvalue weighted by atomic mass is 16.6. The summed E-state index contributed by atoms with van der Waals surface area (Å²) in [6.07, 6.45) is 3.19. The summed E-state index contributed by atoms with van der Waals surface area (Å²) in [6, 6.07) is 0. The Balaban J connectivity index is 1.93. The molecule has 1 aliphatic heterocycles. The maximum absolute atomic E-state index is 11.4. The fraction of sp³-hybridized carbons (Fsp3) is 0.933. The molecular weight excluding hydrogens is 254 g/mol. The second-order valence-corrected chi connectivity index (χ2v) is 6.73. The van der Waals surface area contributed by atoms with Crippen molar-refractivity contribution in [2.45, 2.75) is 45.6 Å². The van der Waals surface area contributed by atoms with Crippen LogP contribution < -0.4 is 10.6 Å². The van der Waals surface area contributed by atoms with Crippen molar-refractivity contribution < 1.29 is 9.53 Å². The number of ether oxygens (including phenoxy) is 1. The van der Waals surface area contributed by atoms with Gasteiger partial charge in [0.25, 0.3) is 0 Å². The zero-order chi connectivity index (χ0) is 15.0. The number of likely N-dealkylation sites (tertiary alicyclic amines) is 1. The summed E-state index contributed by atoms with van der Waals surface area (Å²) in [6.45, 7) is 10.7. The molecule has 2 N–H and O–H groups in total. The SMILES string of the molecule is CN1CCC(CNCCCNC(=O)OC(C)(C)C)CC1. The van der Waals surface area contributed by atoms with E-state index in [0.29, 0.717) is 6.54 Å². The third-order valence-corrected chi connectivity index (χ3v) is 3.47. The van der Waals surface area contributed by atoms with E-state index >= 15 is 0 Å². The molecule has 5 nitrogen and oxygen atoms in total. The van der Waals surface area contributed by atoms with Crippen molar-refractivity contribution in [2.75, 3.05) is 39.8 Å². The molecule has 5 heteroatoms. The number of piperidine rings is 1. The summed E-state index contributed by atoms with van der Waals surface area (Å²) in [5.74, 6) is 0.810. The Morgan fingerprint density at radius 1 is 1.25 bits per heavy atom. The first-order chi connectivity index (χ1) is 9.37. The lowest BCUT2D eigenvalue weighted by Crippen LogP contribution is -2.36. The van der Waals surface area contributed by atoms with Crippen molar-refractivity contribution in [3.8, 4) is 0 Å². The average molecular weight is 285 g/mol. The van der Waals surface area contributed by atoms with Gasteiger partial charge in [0, 0.05) is 6.54 Å². The largest absolute Gasteiger partial charge is 0.444 e. The lowest BCUT2D eigenvalue weighted by molar-refractivity contribution is 0.0527. The molecule has 0 saturated carbocycles. The van der Waals surface area contributed by atoms with Crippen LogP contribution in [0.5, 0.6) is 0 Å². The Bertz CT molecular complexity index is 281. The van der Waals surface area contributed by atoms with Gasteiger partial charge in [0.15, 0.2) is 0 Å². The van der Waals surface area contributed by atoms with Gasteiger partial charge < -0.3 is 20.3 Å². The molecular formula is C15H31N3O2. The van der Waals surface area contributed by atoms with Gasteiger partial charge in [0.1, 0.15) is 5.60 Å². The van der Waals surface area contributed by atoms with E-state index in [9.17, 15) is 4.79 Å². The molecule has 0 aromatic heterocycles. The van der Waals surface area contributed by atoms with Crippen molar-refractivity contribution in [2.24, 2.45) is 5.92 Å². The molecule has 1 saturated heterocycles. The van der Waals surface area contributed by atoms with E-state index in [2.05, 4.69) is 22.6 Å². The van der Waals surface area contributed by atoms with E-state index in [0.717, 1.165) is 25.4 Å². The van der Waals surface area contributed by atoms with Crippen LogP contribution in [-0.2, 0) is 4.74 Å². The number of nitrogens with one attached hydrogen (secondary N) is 2. The van der Waals surface area contributed by atoms with Crippen LogP contribution in [0.3, 0.4) is 0 Å². The van der Waals surface area contributed by atoms with Gasteiger partial charge in [-0.05, 0) is 79.2 Å². The van der Waals surface area contributed by atoms with E-state index in [1.807, 2.05) is 20.8 Å². The van der Waals surface area contributed by atoms with Crippen LogP contribution in [-0.4, -0.2) is 56.4 Å². The van der Waals surface area contributed by atoms with Crippen molar-refractivity contribution in [3.05, 3.63) is 0 Å². The van der Waals surface area contributed by atoms with Gasteiger partial charge >= 0.3 is 6.09 Å². The molecule has 118 valence electrons. The topological polar surface area (TPSA) is 53.6 Å². The van der Waals surface area contributed by atoms with E-state index in [1.165, 1.54) is 25.9 Å². The third-order valence-electron chi connectivity index (χ3n) is 3.47. The number of amides is 1. The molecule has 0 spiro atoms. The lowest BCUT2D eigenvalue weighted by atomic mass is 9.97. The molecule has 0 bridgehead atoms. The highest BCUT2D eigenvalue weighted by Crippen LogP contribution is 2.14. The van der Waals surface area contributed by atoms with Crippen molar-refractivity contribution in [1.82, 2.24) is 15.5 Å². The Morgan fingerprint density at radius 3 is 2.50 bits per heavy atom. The smallest absolute Gasteiger partial charge is 0.407 e. The Kier molecular flexibility index (Phi) is 7.30. The van der Waals surface area contributed by atoms with Gasteiger partial charge in [-0.2, -0.15) is 0 Å². The van der Waals surface area contributed by atoms with Crippen LogP contribution >= 0.6 is 0 Å². The highest BCUT2D eigenvalue weighted by Gasteiger charge is 2.16. The van der Waals surface area contributed by atoms with Gasteiger partial charge in [-0.3, -0.25) is 0 Å². The van der Waals surface area contributed by atoms with Gasteiger partial charge in [-0.1, -0.05) is 0 Å². The lowest BCUT2D eigenvalue weighted by Gasteiger charge is -2.29. The minimum Gasteiger partial charge on any atom is -0.444 e. The molecule has 0 radical (unpaired) electrons. The molecule has 20 heavy (non-hydrogen) atoms. The average Bonchev–Trinajstić information content (AvgIpc) is 2.33. The normalized spacial score (nSPS) is 18.0. The summed E-state index contributed by atoms with van der Waals surface area (Å²) < 4.78 is 5.17. The molecule has 0 unspecified atom stereocenters. The van der Waals surface area contributed by atoms with Crippen LogP contribution in [0.2, 0.25) is 0 Å². The van der Waals surface area contributed by atoms with Crippen LogP contribution in [0.1, 0.15) is 40.0 Å². The fourth-order valence-corrected chi connectivity index (χ4v) is 2.29. The molecule has 1 rings (SSSR count). The van der Waals surface area contributed by atoms with E-state index < -0.39 is 5.60 Å². The Hall–Kier alpha value is -0.810. The maximum Gasteiger partial charge on any atom is 0.407 e. The summed E-state index contributed by atoms with van der Waals surface area (Å²) >= 11 is 0. The second kappa shape index (κ2) is 8.47. The monoisotopic (exact) mass is 285 g/mol. The molecule has 0 atom stereocenters. The van der Waals surface area contributed by atoms with Crippen LogP contribution in [0.4, 0.5) is 4.79 Å². The summed E-state index contributed by atoms with van der Waals surface area (Å²) in [5, 5.41) is 6.26.